The van der Waals surface area contributed by atoms with Crippen LogP contribution < -0.4 is 0 Å². The Morgan fingerprint density at radius 2 is 1.38 bits per heavy atom. The van der Waals surface area contributed by atoms with Crippen LogP contribution in [0.25, 0.3) is 0 Å². The zero-order valence-corrected chi connectivity index (χ0v) is 15.9. The van der Waals surface area contributed by atoms with Gasteiger partial charge in [0.05, 0.1) is 0 Å². The van der Waals surface area contributed by atoms with Crippen molar-refractivity contribution in [3.05, 3.63) is 71.8 Å². The second kappa shape index (κ2) is 8.34. The Morgan fingerprint density at radius 3 is 1.96 bits per heavy atom. The number of hydrogen-bond acceptors (Lipinski definition) is 3. The van der Waals surface area contributed by atoms with E-state index in [1.54, 1.807) is 0 Å². The maximum Gasteiger partial charge on any atom is 0.0236 e. The van der Waals surface area contributed by atoms with Crippen LogP contribution in [0.2, 0.25) is 0 Å². The van der Waals surface area contributed by atoms with E-state index in [4.69, 9.17) is 0 Å². The Morgan fingerprint density at radius 1 is 0.808 bits per heavy atom. The predicted octanol–water partition coefficient (Wildman–Crippen LogP) is 3.14. The molecular weight excluding hydrogens is 318 g/mol. The van der Waals surface area contributed by atoms with Gasteiger partial charge in [-0.15, -0.1) is 0 Å². The molecular formula is C23H31N3. The molecule has 1 atom stereocenters. The molecule has 2 fully saturated rings. The molecule has 0 spiro atoms. The first-order valence-corrected chi connectivity index (χ1v) is 10.0. The molecule has 138 valence electrons. The average molecular weight is 350 g/mol. The smallest absolute Gasteiger partial charge is 0.0236 e. The summed E-state index contributed by atoms with van der Waals surface area (Å²) >= 11 is 0. The summed E-state index contributed by atoms with van der Waals surface area (Å²) < 4.78 is 0. The third kappa shape index (κ3) is 4.17. The molecule has 2 aliphatic heterocycles. The highest BCUT2D eigenvalue weighted by molar-refractivity contribution is 5.32. The van der Waals surface area contributed by atoms with Gasteiger partial charge in [-0.25, -0.2) is 0 Å². The Bertz CT molecular complexity index is 625. The molecule has 0 aliphatic carbocycles. The quantitative estimate of drug-likeness (QED) is 0.821. The van der Waals surface area contributed by atoms with Gasteiger partial charge in [0.15, 0.2) is 0 Å². The van der Waals surface area contributed by atoms with E-state index in [0.29, 0.717) is 5.92 Å². The summed E-state index contributed by atoms with van der Waals surface area (Å²) in [6.07, 6.45) is 1.32. The summed E-state index contributed by atoms with van der Waals surface area (Å²) in [6.45, 7) is 8.47. The average Bonchev–Trinajstić information content (AvgIpc) is 3.17. The van der Waals surface area contributed by atoms with E-state index in [9.17, 15) is 0 Å². The second-order valence-electron chi connectivity index (χ2n) is 7.92. The van der Waals surface area contributed by atoms with Gasteiger partial charge >= 0.3 is 0 Å². The lowest BCUT2D eigenvalue weighted by Gasteiger charge is -2.36. The summed E-state index contributed by atoms with van der Waals surface area (Å²) in [5.74, 6) is 0.462. The van der Waals surface area contributed by atoms with Gasteiger partial charge in [0.2, 0.25) is 0 Å². The molecule has 2 aromatic carbocycles. The van der Waals surface area contributed by atoms with E-state index >= 15 is 0 Å². The van der Waals surface area contributed by atoms with Crippen molar-refractivity contribution in [3.8, 4) is 0 Å². The number of hydrogen-bond donors (Lipinski definition) is 0. The lowest BCUT2D eigenvalue weighted by Crippen LogP contribution is -2.49. The molecule has 3 nitrogen and oxygen atoms in total. The Kier molecular flexibility index (Phi) is 5.68. The molecule has 2 aliphatic rings. The zero-order chi connectivity index (χ0) is 17.8. The molecule has 26 heavy (non-hydrogen) atoms. The lowest BCUT2D eigenvalue weighted by molar-refractivity contribution is 0.113. The second-order valence-corrected chi connectivity index (χ2v) is 7.92. The summed E-state index contributed by atoms with van der Waals surface area (Å²) in [5.41, 5.74) is 2.86. The minimum absolute atomic E-state index is 0.462. The van der Waals surface area contributed by atoms with Gasteiger partial charge in [0, 0.05) is 51.2 Å². The minimum Gasteiger partial charge on any atom is -0.304 e. The fourth-order valence-electron chi connectivity index (χ4n) is 4.50. The first kappa shape index (κ1) is 17.7. The third-order valence-electron chi connectivity index (χ3n) is 6.15. The van der Waals surface area contributed by atoms with Gasteiger partial charge in [-0.1, -0.05) is 60.7 Å². The fourth-order valence-corrected chi connectivity index (χ4v) is 4.50. The van der Waals surface area contributed by atoms with Gasteiger partial charge in [-0.05, 0) is 31.1 Å². The summed E-state index contributed by atoms with van der Waals surface area (Å²) in [7, 11) is 2.24. The van der Waals surface area contributed by atoms with E-state index in [0.717, 1.165) is 12.6 Å². The molecule has 2 saturated heterocycles. The van der Waals surface area contributed by atoms with Crippen molar-refractivity contribution in [1.29, 1.82) is 0 Å². The van der Waals surface area contributed by atoms with E-state index in [1.807, 2.05) is 0 Å². The Labute approximate surface area is 158 Å². The van der Waals surface area contributed by atoms with Crippen LogP contribution in [0.1, 0.15) is 23.5 Å². The van der Waals surface area contributed by atoms with Crippen LogP contribution in [-0.2, 0) is 0 Å². The summed E-state index contributed by atoms with van der Waals surface area (Å²) in [6, 6.07) is 22.8. The van der Waals surface area contributed by atoms with Crippen LogP contribution in [0, 0.1) is 0 Å². The topological polar surface area (TPSA) is 9.72 Å². The standard InChI is InChI=1S/C23H31N3/c1-24-14-16-26(17-15-24)22-12-13-25(18-22)19-23(20-8-4-2-5-9-20)21-10-6-3-7-11-21/h2-11,22-23H,12-19H2,1H3/t22-/m1/s1. The highest BCUT2D eigenvalue weighted by Crippen LogP contribution is 2.28. The molecule has 0 bridgehead atoms. The number of likely N-dealkylation sites (tertiary alicyclic amines) is 1. The molecule has 2 aromatic rings. The normalized spacial score (nSPS) is 22.9. The van der Waals surface area contributed by atoms with Gasteiger partial charge < -0.3 is 9.80 Å². The Hall–Kier alpha value is -1.68. The fraction of sp³-hybridized carbons (Fsp3) is 0.478. The predicted molar refractivity (Wildman–Crippen MR) is 109 cm³/mol. The molecule has 0 unspecified atom stereocenters. The van der Waals surface area contributed by atoms with Gasteiger partial charge in [-0.3, -0.25) is 4.90 Å². The van der Waals surface area contributed by atoms with Crippen molar-refractivity contribution < 1.29 is 0 Å². The zero-order valence-electron chi connectivity index (χ0n) is 15.9. The number of nitrogens with zero attached hydrogens (tertiary/aromatic N) is 3. The molecule has 2 heterocycles. The van der Waals surface area contributed by atoms with Crippen molar-refractivity contribution in [2.24, 2.45) is 0 Å². The molecule has 3 heteroatoms. The first-order chi connectivity index (χ1) is 12.8. The van der Waals surface area contributed by atoms with Crippen molar-refractivity contribution in [3.63, 3.8) is 0 Å². The van der Waals surface area contributed by atoms with E-state index in [2.05, 4.69) is 82.4 Å². The lowest BCUT2D eigenvalue weighted by atomic mass is 9.91. The van der Waals surface area contributed by atoms with E-state index in [-0.39, 0.29) is 0 Å². The van der Waals surface area contributed by atoms with Gasteiger partial charge in [0.25, 0.3) is 0 Å². The maximum absolute atomic E-state index is 2.72. The molecule has 0 radical (unpaired) electrons. The van der Waals surface area contributed by atoms with Crippen molar-refractivity contribution in [1.82, 2.24) is 14.7 Å². The molecule has 0 N–H and O–H groups in total. The first-order valence-electron chi connectivity index (χ1n) is 10.0. The molecule has 0 aromatic heterocycles. The maximum atomic E-state index is 2.72. The van der Waals surface area contributed by atoms with Crippen LogP contribution in [0.4, 0.5) is 0 Å². The van der Waals surface area contributed by atoms with Crippen molar-refractivity contribution in [2.75, 3.05) is 52.9 Å². The van der Waals surface area contributed by atoms with Crippen LogP contribution in [0.15, 0.2) is 60.7 Å². The number of benzene rings is 2. The monoisotopic (exact) mass is 349 g/mol. The number of likely N-dealkylation sites (N-methyl/N-ethyl adjacent to an activating group) is 1. The van der Waals surface area contributed by atoms with Gasteiger partial charge in [-0.2, -0.15) is 0 Å². The summed E-state index contributed by atoms with van der Waals surface area (Å²) in [5, 5.41) is 0. The highest BCUT2D eigenvalue weighted by Gasteiger charge is 2.30. The number of piperazine rings is 1. The number of rotatable bonds is 5. The van der Waals surface area contributed by atoms with E-state index < -0.39 is 0 Å². The minimum atomic E-state index is 0.462. The summed E-state index contributed by atoms with van der Waals surface area (Å²) in [4.78, 5) is 7.86. The SMILES string of the molecule is CN1CCN([C@@H]2CCN(CC(c3ccccc3)c3ccccc3)C2)CC1. The van der Waals surface area contributed by atoms with Gasteiger partial charge in [0.1, 0.15) is 0 Å². The van der Waals surface area contributed by atoms with E-state index in [1.165, 1.54) is 56.8 Å². The largest absolute Gasteiger partial charge is 0.304 e. The Balaban J connectivity index is 1.44. The third-order valence-corrected chi connectivity index (χ3v) is 6.15. The van der Waals surface area contributed by atoms with Crippen LogP contribution in [0.5, 0.6) is 0 Å². The highest BCUT2D eigenvalue weighted by atomic mass is 15.3. The van der Waals surface area contributed by atoms with Crippen LogP contribution in [-0.4, -0.2) is 73.6 Å². The van der Waals surface area contributed by atoms with Crippen LogP contribution >= 0.6 is 0 Å². The molecule has 0 amide bonds. The van der Waals surface area contributed by atoms with Crippen molar-refractivity contribution >= 4 is 0 Å². The van der Waals surface area contributed by atoms with Crippen molar-refractivity contribution in [2.45, 2.75) is 18.4 Å². The molecule has 0 saturated carbocycles. The molecule has 4 rings (SSSR count). The van der Waals surface area contributed by atoms with Crippen LogP contribution in [0.3, 0.4) is 0 Å².